The molecule has 0 bridgehead atoms. The third-order valence-corrected chi connectivity index (χ3v) is 5.00. The standard InChI is InChI=1S/C14H24NO5P/c1-5-18-13-10-11(8-9-12(13)17-4)14(15)21(16,19-6-2)20-7-3/h8-10,14H,5-7,15H2,1-4H3/t14-/m0/s1. The number of ether oxygens (including phenoxy) is 2. The first-order valence-electron chi connectivity index (χ1n) is 6.97. The first-order chi connectivity index (χ1) is 10.0. The molecule has 0 aromatic heterocycles. The fraction of sp³-hybridized carbons (Fsp3) is 0.571. The monoisotopic (exact) mass is 317 g/mol. The SMILES string of the molecule is CCOc1cc([C@@H](N)P(=O)(OCC)OCC)ccc1OC. The van der Waals surface area contributed by atoms with Crippen LogP contribution in [0.2, 0.25) is 0 Å². The van der Waals surface area contributed by atoms with Gasteiger partial charge < -0.3 is 24.3 Å². The van der Waals surface area contributed by atoms with Crippen molar-refractivity contribution in [2.45, 2.75) is 26.6 Å². The Hall–Kier alpha value is -1.07. The van der Waals surface area contributed by atoms with Gasteiger partial charge in [-0.15, -0.1) is 0 Å². The van der Waals surface area contributed by atoms with E-state index in [2.05, 4.69) is 0 Å². The molecular formula is C14H24NO5P. The molecule has 1 aromatic rings. The second-order valence-electron chi connectivity index (χ2n) is 4.16. The third kappa shape index (κ3) is 4.45. The molecule has 1 rings (SSSR count). The summed E-state index contributed by atoms with van der Waals surface area (Å²) in [5.41, 5.74) is 6.71. The van der Waals surface area contributed by atoms with Gasteiger partial charge in [0.15, 0.2) is 11.5 Å². The Kier molecular flexibility index (Phi) is 7.18. The molecule has 2 N–H and O–H groups in total. The van der Waals surface area contributed by atoms with E-state index in [1.807, 2.05) is 6.92 Å². The molecule has 1 aromatic carbocycles. The van der Waals surface area contributed by atoms with Gasteiger partial charge in [-0.25, -0.2) is 0 Å². The number of rotatable bonds is 9. The lowest BCUT2D eigenvalue weighted by atomic mass is 10.2. The molecule has 0 aliphatic heterocycles. The summed E-state index contributed by atoms with van der Waals surface area (Å²) in [4.78, 5) is 0. The summed E-state index contributed by atoms with van der Waals surface area (Å²) < 4.78 is 34.0. The van der Waals surface area contributed by atoms with E-state index >= 15 is 0 Å². The Morgan fingerprint density at radius 3 is 2.19 bits per heavy atom. The lowest BCUT2D eigenvalue weighted by molar-refractivity contribution is 0.212. The number of methoxy groups -OCH3 is 1. The van der Waals surface area contributed by atoms with Crippen molar-refractivity contribution in [3.8, 4) is 11.5 Å². The lowest BCUT2D eigenvalue weighted by Gasteiger charge is -2.24. The molecule has 0 aliphatic carbocycles. The van der Waals surface area contributed by atoms with Crippen LogP contribution in [0.5, 0.6) is 11.5 Å². The third-order valence-electron chi connectivity index (χ3n) is 2.79. The van der Waals surface area contributed by atoms with Crippen LogP contribution in [0, 0.1) is 0 Å². The molecule has 0 aliphatic rings. The second-order valence-corrected chi connectivity index (χ2v) is 6.32. The molecule has 21 heavy (non-hydrogen) atoms. The van der Waals surface area contributed by atoms with E-state index in [9.17, 15) is 4.57 Å². The molecule has 0 radical (unpaired) electrons. The summed E-state index contributed by atoms with van der Waals surface area (Å²) in [7, 11) is -1.85. The molecule has 6 nitrogen and oxygen atoms in total. The minimum absolute atomic E-state index is 0.263. The first kappa shape index (κ1) is 18.0. The quantitative estimate of drug-likeness (QED) is 0.704. The minimum Gasteiger partial charge on any atom is -0.493 e. The average molecular weight is 317 g/mol. The van der Waals surface area contributed by atoms with Gasteiger partial charge in [-0.05, 0) is 38.5 Å². The van der Waals surface area contributed by atoms with E-state index in [-0.39, 0.29) is 13.2 Å². The van der Waals surface area contributed by atoms with Crippen molar-refractivity contribution >= 4 is 7.60 Å². The van der Waals surface area contributed by atoms with Crippen LogP contribution in [-0.4, -0.2) is 26.9 Å². The van der Waals surface area contributed by atoms with Gasteiger partial charge in [0, 0.05) is 0 Å². The van der Waals surface area contributed by atoms with Crippen molar-refractivity contribution in [2.75, 3.05) is 26.9 Å². The van der Waals surface area contributed by atoms with Crippen LogP contribution >= 0.6 is 7.60 Å². The van der Waals surface area contributed by atoms with Crippen LogP contribution in [0.25, 0.3) is 0 Å². The highest BCUT2D eigenvalue weighted by Gasteiger charge is 2.34. The maximum atomic E-state index is 12.7. The highest BCUT2D eigenvalue weighted by Crippen LogP contribution is 2.58. The molecular weight excluding hydrogens is 293 g/mol. The zero-order valence-corrected chi connectivity index (χ0v) is 13.9. The molecule has 1 atom stereocenters. The van der Waals surface area contributed by atoms with Crippen molar-refractivity contribution in [3.63, 3.8) is 0 Å². The van der Waals surface area contributed by atoms with Crippen LogP contribution in [-0.2, 0) is 13.6 Å². The van der Waals surface area contributed by atoms with Gasteiger partial charge in [0.1, 0.15) is 5.78 Å². The predicted octanol–water partition coefficient (Wildman–Crippen LogP) is 3.32. The molecule has 0 saturated heterocycles. The Morgan fingerprint density at radius 1 is 1.10 bits per heavy atom. The fourth-order valence-corrected chi connectivity index (χ4v) is 3.53. The number of benzene rings is 1. The first-order valence-corrected chi connectivity index (χ1v) is 8.58. The normalized spacial score (nSPS) is 13.0. The van der Waals surface area contributed by atoms with Gasteiger partial charge in [-0.1, -0.05) is 6.07 Å². The smallest absolute Gasteiger partial charge is 0.351 e. The molecule has 7 heteroatoms. The highest BCUT2D eigenvalue weighted by atomic mass is 31.2. The van der Waals surface area contributed by atoms with Crippen LogP contribution < -0.4 is 15.2 Å². The van der Waals surface area contributed by atoms with Crippen molar-refractivity contribution in [1.82, 2.24) is 0 Å². The van der Waals surface area contributed by atoms with Crippen LogP contribution in [0.15, 0.2) is 18.2 Å². The van der Waals surface area contributed by atoms with Crippen molar-refractivity contribution in [1.29, 1.82) is 0 Å². The summed E-state index contributed by atoms with van der Waals surface area (Å²) in [6.45, 7) is 6.38. The van der Waals surface area contributed by atoms with Crippen LogP contribution in [0.3, 0.4) is 0 Å². The topological polar surface area (TPSA) is 80.0 Å². The van der Waals surface area contributed by atoms with Crippen molar-refractivity contribution in [3.05, 3.63) is 23.8 Å². The van der Waals surface area contributed by atoms with E-state index in [1.165, 1.54) is 0 Å². The maximum absolute atomic E-state index is 12.7. The number of hydrogen-bond donors (Lipinski definition) is 1. The predicted molar refractivity (Wildman–Crippen MR) is 81.9 cm³/mol. The van der Waals surface area contributed by atoms with Crippen molar-refractivity contribution in [2.24, 2.45) is 5.73 Å². The molecule has 0 saturated carbocycles. The second kappa shape index (κ2) is 8.39. The van der Waals surface area contributed by atoms with Gasteiger partial charge >= 0.3 is 7.60 Å². The number of nitrogens with two attached hydrogens (primary N) is 1. The Bertz CT molecular complexity index is 484. The lowest BCUT2D eigenvalue weighted by Crippen LogP contribution is -2.15. The minimum atomic E-state index is -3.41. The van der Waals surface area contributed by atoms with Crippen LogP contribution in [0.4, 0.5) is 0 Å². The molecule has 120 valence electrons. The van der Waals surface area contributed by atoms with Crippen LogP contribution in [0.1, 0.15) is 32.1 Å². The van der Waals surface area contributed by atoms with E-state index in [0.717, 1.165) is 0 Å². The van der Waals surface area contributed by atoms with Gasteiger partial charge in [-0.3, -0.25) is 4.57 Å². The fourth-order valence-electron chi connectivity index (χ4n) is 1.89. The Balaban J connectivity index is 3.12. The summed E-state index contributed by atoms with van der Waals surface area (Å²) in [5.74, 6) is 0.269. The summed E-state index contributed by atoms with van der Waals surface area (Å²) in [5, 5.41) is 0. The van der Waals surface area contributed by atoms with E-state index in [4.69, 9.17) is 24.3 Å². The average Bonchev–Trinajstić information content (AvgIpc) is 2.47. The molecule has 0 spiro atoms. The Labute approximate surface area is 126 Å². The van der Waals surface area contributed by atoms with Gasteiger partial charge in [0.25, 0.3) is 0 Å². The summed E-state index contributed by atoms with van der Waals surface area (Å²) >= 11 is 0. The van der Waals surface area contributed by atoms with Gasteiger partial charge in [-0.2, -0.15) is 0 Å². The zero-order valence-electron chi connectivity index (χ0n) is 13.0. The summed E-state index contributed by atoms with van der Waals surface area (Å²) in [6.07, 6.45) is 0. The molecule has 0 amide bonds. The molecule has 0 unspecified atom stereocenters. The largest absolute Gasteiger partial charge is 0.493 e. The van der Waals surface area contributed by atoms with E-state index in [0.29, 0.717) is 23.7 Å². The molecule has 0 heterocycles. The molecule has 0 fully saturated rings. The van der Waals surface area contributed by atoms with E-state index < -0.39 is 13.4 Å². The van der Waals surface area contributed by atoms with E-state index in [1.54, 1.807) is 39.2 Å². The summed E-state index contributed by atoms with van der Waals surface area (Å²) in [6, 6.07) is 5.16. The Morgan fingerprint density at radius 2 is 1.71 bits per heavy atom. The van der Waals surface area contributed by atoms with Gasteiger partial charge in [0.2, 0.25) is 0 Å². The number of hydrogen-bond acceptors (Lipinski definition) is 6. The maximum Gasteiger partial charge on any atom is 0.351 e. The highest BCUT2D eigenvalue weighted by molar-refractivity contribution is 7.54. The van der Waals surface area contributed by atoms with Crippen molar-refractivity contribution < 1.29 is 23.1 Å². The van der Waals surface area contributed by atoms with Gasteiger partial charge in [0.05, 0.1) is 26.9 Å². The zero-order chi connectivity index (χ0) is 15.9.